The first-order chi connectivity index (χ1) is 15.9. The molecule has 0 saturated heterocycles. The third-order valence-corrected chi connectivity index (χ3v) is 6.92. The topological polar surface area (TPSA) is 81.3 Å². The Morgan fingerprint density at radius 3 is 2.48 bits per heavy atom. The number of likely N-dealkylation sites (N-methyl/N-ethyl adjacent to an activating group) is 1. The molecule has 0 bridgehead atoms. The molecule has 3 aromatic rings. The second-order valence-electron chi connectivity index (χ2n) is 7.43. The molecular weight excluding hydrogens is 650 g/mol. The van der Waals surface area contributed by atoms with E-state index in [-0.39, 0.29) is 11.9 Å². The average molecular weight is 676 g/mol. The van der Waals surface area contributed by atoms with Crippen LogP contribution in [-0.2, 0) is 4.74 Å². The fourth-order valence-corrected chi connectivity index (χ4v) is 5.71. The third kappa shape index (κ3) is 5.86. The van der Waals surface area contributed by atoms with E-state index in [1.165, 1.54) is 5.01 Å². The predicted octanol–water partition coefficient (Wildman–Crippen LogP) is 6.74. The molecule has 1 aromatic heterocycles. The standard InChI is InChI=1S/C24H26I2N2O5/c1-4-8-20(31-3)24-21(16-9-6-7-10-19(16)33-24)22(29)15-13-17(25)23(18(26)14-15)32-12-11-28(5-2)27-30/h6-7,9-10,13-14,20H,4-5,8,11-12H2,1-3H3. The van der Waals surface area contributed by atoms with Crippen molar-refractivity contribution < 1.29 is 18.7 Å². The number of halogens is 2. The molecule has 1 heterocycles. The smallest absolute Gasteiger partial charge is 0.197 e. The van der Waals surface area contributed by atoms with E-state index in [0.29, 0.717) is 47.9 Å². The molecule has 0 aliphatic heterocycles. The number of nitrogens with zero attached hydrogens (tertiary/aromatic N) is 2. The molecule has 0 aliphatic carbocycles. The Labute approximate surface area is 220 Å². The van der Waals surface area contributed by atoms with Crippen LogP contribution >= 0.6 is 45.2 Å². The van der Waals surface area contributed by atoms with Gasteiger partial charge >= 0.3 is 0 Å². The van der Waals surface area contributed by atoms with Gasteiger partial charge < -0.3 is 13.9 Å². The maximum Gasteiger partial charge on any atom is 0.197 e. The van der Waals surface area contributed by atoms with Crippen LogP contribution in [0.25, 0.3) is 11.0 Å². The van der Waals surface area contributed by atoms with E-state index < -0.39 is 0 Å². The van der Waals surface area contributed by atoms with Gasteiger partial charge in [-0.05, 0) is 76.7 Å². The van der Waals surface area contributed by atoms with E-state index >= 15 is 0 Å². The van der Waals surface area contributed by atoms with Gasteiger partial charge in [0.1, 0.15) is 29.8 Å². The normalized spacial score (nSPS) is 12.0. The van der Waals surface area contributed by atoms with Gasteiger partial charge in [-0.25, -0.2) is 0 Å². The summed E-state index contributed by atoms with van der Waals surface area (Å²) in [7, 11) is 1.64. The van der Waals surface area contributed by atoms with Crippen molar-refractivity contribution in [1.82, 2.24) is 5.01 Å². The number of para-hydroxylation sites is 1. The van der Waals surface area contributed by atoms with Gasteiger partial charge in [0.2, 0.25) is 0 Å². The summed E-state index contributed by atoms with van der Waals surface area (Å²) in [5.41, 5.74) is 1.77. The molecule has 176 valence electrons. The SMILES string of the molecule is CCCC(OC)c1oc2ccccc2c1C(=O)c1cc(I)c(OCCN(CC)N=O)c(I)c1. The quantitative estimate of drug-likeness (QED) is 0.0916. The molecule has 0 radical (unpaired) electrons. The van der Waals surface area contributed by atoms with Gasteiger partial charge in [0.05, 0.1) is 24.5 Å². The number of methoxy groups -OCH3 is 1. The van der Waals surface area contributed by atoms with Crippen LogP contribution in [0.2, 0.25) is 0 Å². The molecule has 2 aromatic carbocycles. The summed E-state index contributed by atoms with van der Waals surface area (Å²) in [6, 6.07) is 11.2. The van der Waals surface area contributed by atoms with Gasteiger partial charge in [0.25, 0.3) is 0 Å². The highest BCUT2D eigenvalue weighted by molar-refractivity contribution is 14.1. The number of benzene rings is 2. The van der Waals surface area contributed by atoms with Crippen molar-refractivity contribution in [3.63, 3.8) is 0 Å². The van der Waals surface area contributed by atoms with Crippen LogP contribution in [0.15, 0.2) is 46.1 Å². The molecule has 0 amide bonds. The largest absolute Gasteiger partial charge is 0.489 e. The zero-order valence-corrected chi connectivity index (χ0v) is 23.1. The molecule has 0 aliphatic rings. The van der Waals surface area contributed by atoms with Crippen molar-refractivity contribution in [2.24, 2.45) is 5.29 Å². The lowest BCUT2D eigenvalue weighted by molar-refractivity contribution is 0.0753. The number of rotatable bonds is 12. The van der Waals surface area contributed by atoms with Crippen molar-refractivity contribution in [1.29, 1.82) is 0 Å². The zero-order chi connectivity index (χ0) is 24.0. The van der Waals surface area contributed by atoms with Gasteiger partial charge in [-0.3, -0.25) is 9.80 Å². The Morgan fingerprint density at radius 1 is 1.18 bits per heavy atom. The first-order valence-electron chi connectivity index (χ1n) is 10.7. The van der Waals surface area contributed by atoms with Crippen LogP contribution in [0, 0.1) is 12.0 Å². The molecule has 1 atom stereocenters. The van der Waals surface area contributed by atoms with E-state index in [4.69, 9.17) is 13.9 Å². The van der Waals surface area contributed by atoms with Crippen LogP contribution in [0.5, 0.6) is 5.75 Å². The van der Waals surface area contributed by atoms with Crippen molar-refractivity contribution in [2.75, 3.05) is 26.8 Å². The maximum absolute atomic E-state index is 13.7. The fourth-order valence-electron chi connectivity index (χ4n) is 3.63. The van der Waals surface area contributed by atoms with Crippen LogP contribution < -0.4 is 4.74 Å². The zero-order valence-electron chi connectivity index (χ0n) is 18.8. The second kappa shape index (κ2) is 12.1. The van der Waals surface area contributed by atoms with Crippen LogP contribution in [0.1, 0.15) is 54.5 Å². The monoisotopic (exact) mass is 676 g/mol. The molecule has 0 fully saturated rings. The highest BCUT2D eigenvalue weighted by atomic mass is 127. The number of carbonyl (C=O) groups excluding carboxylic acids is 1. The summed E-state index contributed by atoms with van der Waals surface area (Å²) >= 11 is 4.34. The number of ether oxygens (including phenoxy) is 2. The number of furan rings is 1. The lowest BCUT2D eigenvalue weighted by atomic mass is 9.97. The number of ketones is 1. The van der Waals surface area contributed by atoms with Gasteiger partial charge in [-0.2, -0.15) is 0 Å². The molecule has 0 saturated carbocycles. The molecule has 7 nitrogen and oxygen atoms in total. The van der Waals surface area contributed by atoms with Crippen molar-refractivity contribution in [2.45, 2.75) is 32.8 Å². The van der Waals surface area contributed by atoms with Gasteiger partial charge in [0, 0.05) is 24.6 Å². The van der Waals surface area contributed by atoms with Crippen molar-refractivity contribution in [3.8, 4) is 5.75 Å². The Balaban J connectivity index is 1.96. The summed E-state index contributed by atoms with van der Waals surface area (Å²) in [6.07, 6.45) is 1.36. The average Bonchev–Trinajstić information content (AvgIpc) is 3.20. The molecule has 1 unspecified atom stereocenters. The summed E-state index contributed by atoms with van der Waals surface area (Å²) < 4.78 is 19.3. The van der Waals surface area contributed by atoms with Crippen LogP contribution in [-0.4, -0.2) is 37.6 Å². The van der Waals surface area contributed by atoms with Crippen molar-refractivity contribution >= 4 is 61.9 Å². The van der Waals surface area contributed by atoms with E-state index in [1.54, 1.807) is 7.11 Å². The highest BCUT2D eigenvalue weighted by Gasteiger charge is 2.28. The number of hydrogen-bond donors (Lipinski definition) is 0. The minimum Gasteiger partial charge on any atom is -0.489 e. The van der Waals surface area contributed by atoms with Crippen LogP contribution in [0.4, 0.5) is 0 Å². The lowest BCUT2D eigenvalue weighted by Crippen LogP contribution is -2.23. The predicted molar refractivity (Wildman–Crippen MR) is 145 cm³/mol. The first-order valence-corrected chi connectivity index (χ1v) is 12.9. The lowest BCUT2D eigenvalue weighted by Gasteiger charge is -2.16. The summed E-state index contributed by atoms with van der Waals surface area (Å²) in [5, 5.41) is 5.13. The van der Waals surface area contributed by atoms with Gasteiger partial charge in [-0.15, -0.1) is 4.91 Å². The maximum atomic E-state index is 13.7. The molecule has 3 rings (SSSR count). The molecule has 0 spiro atoms. The Bertz CT molecular complexity index is 1110. The molecule has 9 heteroatoms. The minimum atomic E-state index is -0.296. The third-order valence-electron chi connectivity index (χ3n) is 5.31. The number of fused-ring (bicyclic) bond motifs is 1. The summed E-state index contributed by atoms with van der Waals surface area (Å²) in [5.74, 6) is 1.14. The summed E-state index contributed by atoms with van der Waals surface area (Å²) in [4.78, 5) is 24.5. The summed E-state index contributed by atoms with van der Waals surface area (Å²) in [6.45, 7) is 5.17. The highest BCUT2D eigenvalue weighted by Crippen LogP contribution is 2.37. The molecular formula is C24H26I2N2O5. The fraction of sp³-hybridized carbons (Fsp3) is 0.375. The Morgan fingerprint density at radius 2 is 1.88 bits per heavy atom. The molecule has 0 N–H and O–H groups in total. The van der Waals surface area contributed by atoms with E-state index in [0.717, 1.165) is 25.4 Å². The van der Waals surface area contributed by atoms with E-state index in [2.05, 4.69) is 57.4 Å². The van der Waals surface area contributed by atoms with E-state index in [9.17, 15) is 9.70 Å². The first kappa shape index (κ1) is 25.9. The minimum absolute atomic E-state index is 0.113. The van der Waals surface area contributed by atoms with E-state index in [1.807, 2.05) is 43.3 Å². The van der Waals surface area contributed by atoms with Crippen LogP contribution in [0.3, 0.4) is 0 Å². The number of nitroso groups, excluding NO2 is 1. The van der Waals surface area contributed by atoms with Gasteiger partial charge in [0.15, 0.2) is 5.78 Å². The number of hydrogen-bond acceptors (Lipinski definition) is 6. The second-order valence-corrected chi connectivity index (χ2v) is 9.75. The van der Waals surface area contributed by atoms with Crippen molar-refractivity contribution in [3.05, 3.63) is 65.3 Å². The molecule has 33 heavy (non-hydrogen) atoms. The number of carbonyl (C=O) groups is 1. The van der Waals surface area contributed by atoms with Gasteiger partial charge in [-0.1, -0.05) is 31.5 Å². The Kier molecular flexibility index (Phi) is 9.50. The Hall–Kier alpha value is -1.73.